The lowest BCUT2D eigenvalue weighted by Gasteiger charge is -2.17. The molecule has 6 nitrogen and oxygen atoms in total. The van der Waals surface area contributed by atoms with Gasteiger partial charge in [0.1, 0.15) is 0 Å². The average molecular weight is 362 g/mol. The summed E-state index contributed by atoms with van der Waals surface area (Å²) in [6.45, 7) is 0.966. The van der Waals surface area contributed by atoms with Crippen molar-refractivity contribution in [2.24, 2.45) is 5.92 Å². The number of hydrogen-bond acceptors (Lipinski definition) is 4. The maximum Gasteiger partial charge on any atom is 0.228 e. The van der Waals surface area contributed by atoms with Crippen LogP contribution in [0.1, 0.15) is 30.4 Å². The van der Waals surface area contributed by atoms with E-state index >= 15 is 0 Å². The van der Waals surface area contributed by atoms with Gasteiger partial charge in [0.2, 0.25) is 11.8 Å². The Kier molecular flexibility index (Phi) is 4.06. The molecule has 3 aliphatic heterocycles. The Labute approximate surface area is 147 Å². The number of nitrogens with one attached hydrogen (secondary N) is 1. The topological polar surface area (TPSA) is 83.6 Å². The van der Waals surface area contributed by atoms with Gasteiger partial charge in [-0.05, 0) is 42.4 Å². The van der Waals surface area contributed by atoms with Crippen molar-refractivity contribution in [2.75, 3.05) is 24.2 Å². The van der Waals surface area contributed by atoms with E-state index in [1.807, 2.05) is 18.2 Å². The van der Waals surface area contributed by atoms with Gasteiger partial charge in [0.05, 0.1) is 17.4 Å². The molecule has 1 aromatic carbocycles. The second-order valence-corrected chi connectivity index (χ2v) is 9.66. The van der Waals surface area contributed by atoms with Crippen molar-refractivity contribution >= 4 is 27.3 Å². The number of carbonyl (C=O) groups is 2. The van der Waals surface area contributed by atoms with Crippen molar-refractivity contribution < 1.29 is 18.0 Å². The van der Waals surface area contributed by atoms with Crippen LogP contribution in [0, 0.1) is 5.92 Å². The van der Waals surface area contributed by atoms with E-state index in [1.54, 1.807) is 4.90 Å². The lowest BCUT2D eigenvalue weighted by atomic mass is 10.0. The summed E-state index contributed by atoms with van der Waals surface area (Å²) in [5, 5.41) is 2.48. The highest BCUT2D eigenvalue weighted by molar-refractivity contribution is 7.92. The largest absolute Gasteiger partial charge is 0.341 e. The first kappa shape index (κ1) is 16.6. The van der Waals surface area contributed by atoms with Gasteiger partial charge in [0.25, 0.3) is 0 Å². The van der Waals surface area contributed by atoms with Crippen LogP contribution in [-0.2, 0) is 32.3 Å². The zero-order valence-electron chi connectivity index (χ0n) is 14.0. The van der Waals surface area contributed by atoms with Crippen molar-refractivity contribution in [3.63, 3.8) is 0 Å². The van der Waals surface area contributed by atoms with Gasteiger partial charge in [-0.3, -0.25) is 9.59 Å². The third-order valence-electron chi connectivity index (χ3n) is 5.62. The first-order chi connectivity index (χ1) is 11.9. The highest BCUT2D eigenvalue weighted by Gasteiger charge is 2.47. The molecule has 2 amide bonds. The number of amides is 2. The molecule has 1 N–H and O–H groups in total. The number of fused-ring (bicyclic) bond motifs is 2. The Bertz CT molecular complexity index is 833. The lowest BCUT2D eigenvalue weighted by molar-refractivity contribution is -0.130. The summed E-state index contributed by atoms with van der Waals surface area (Å²) in [5.74, 6) is 0.496. The Hall–Kier alpha value is -1.89. The number of anilines is 1. The van der Waals surface area contributed by atoms with Crippen LogP contribution in [0.4, 0.5) is 5.69 Å². The van der Waals surface area contributed by atoms with Crippen molar-refractivity contribution in [2.45, 2.75) is 37.4 Å². The quantitative estimate of drug-likeness (QED) is 0.871. The fraction of sp³-hybridized carbons (Fsp3) is 0.556. The fourth-order valence-electron chi connectivity index (χ4n) is 4.24. The molecule has 1 aromatic rings. The summed E-state index contributed by atoms with van der Waals surface area (Å²) in [6, 6.07) is 5.94. The number of rotatable bonds is 4. The molecule has 0 saturated carbocycles. The molecule has 2 fully saturated rings. The molecule has 0 aromatic heterocycles. The van der Waals surface area contributed by atoms with E-state index in [0.717, 1.165) is 29.7 Å². The highest BCUT2D eigenvalue weighted by Crippen LogP contribution is 2.34. The predicted molar refractivity (Wildman–Crippen MR) is 94.0 cm³/mol. The van der Waals surface area contributed by atoms with Gasteiger partial charge >= 0.3 is 0 Å². The molecule has 25 heavy (non-hydrogen) atoms. The van der Waals surface area contributed by atoms with Gasteiger partial charge < -0.3 is 10.2 Å². The maximum atomic E-state index is 12.4. The van der Waals surface area contributed by atoms with Gasteiger partial charge in [0.15, 0.2) is 9.84 Å². The molecule has 3 aliphatic rings. The number of nitrogens with zero attached hydrogens (tertiary/aromatic N) is 1. The van der Waals surface area contributed by atoms with Crippen LogP contribution in [0.2, 0.25) is 0 Å². The third kappa shape index (κ3) is 3.17. The number of carbonyl (C=O) groups excluding carboxylic acids is 2. The molecule has 0 bridgehead atoms. The summed E-state index contributed by atoms with van der Waals surface area (Å²) in [7, 11) is -2.99. The van der Waals surface area contributed by atoms with Gasteiger partial charge in [-0.1, -0.05) is 12.1 Å². The lowest BCUT2D eigenvalue weighted by Crippen LogP contribution is -2.31. The van der Waals surface area contributed by atoms with Crippen LogP contribution >= 0.6 is 0 Å². The summed E-state index contributed by atoms with van der Waals surface area (Å²) in [5.41, 5.74) is 3.03. The van der Waals surface area contributed by atoms with Crippen LogP contribution < -0.4 is 5.32 Å². The van der Waals surface area contributed by atoms with E-state index < -0.39 is 9.84 Å². The molecule has 3 heterocycles. The van der Waals surface area contributed by atoms with Crippen LogP contribution in [-0.4, -0.2) is 49.2 Å². The number of sulfone groups is 1. The minimum absolute atomic E-state index is 0.0249. The molecule has 0 radical (unpaired) electrons. The second kappa shape index (κ2) is 6.12. The number of likely N-dealkylation sites (tertiary alicyclic amines) is 1. The van der Waals surface area contributed by atoms with Gasteiger partial charge in [-0.2, -0.15) is 0 Å². The monoisotopic (exact) mass is 362 g/mol. The third-order valence-corrected chi connectivity index (χ3v) is 7.88. The molecule has 4 rings (SSSR count). The van der Waals surface area contributed by atoms with E-state index in [2.05, 4.69) is 5.32 Å². The number of benzene rings is 1. The van der Waals surface area contributed by atoms with Gasteiger partial charge in [-0.15, -0.1) is 0 Å². The van der Waals surface area contributed by atoms with Crippen molar-refractivity contribution in [1.82, 2.24) is 4.90 Å². The summed E-state index contributed by atoms with van der Waals surface area (Å²) < 4.78 is 23.9. The smallest absolute Gasteiger partial charge is 0.228 e. The molecule has 134 valence electrons. The standard InChI is InChI=1S/C18H22N2O4S/c21-17-9-14-8-12(4-5-15(14)19-17)2-1-3-18(22)20-10-13-6-7-25(23,24)16(13)11-20/h4-5,8,13,16H,1-3,6-7,9-11H2,(H,19,21)/t13-,16+/m0/s1. The summed E-state index contributed by atoms with van der Waals surface area (Å²) in [6.07, 6.45) is 3.07. The molecule has 0 unspecified atom stereocenters. The normalized spacial score (nSPS) is 26.4. The second-order valence-electron chi connectivity index (χ2n) is 7.32. The van der Waals surface area contributed by atoms with E-state index in [9.17, 15) is 18.0 Å². The van der Waals surface area contributed by atoms with E-state index in [0.29, 0.717) is 32.4 Å². The van der Waals surface area contributed by atoms with Crippen LogP contribution in [0.5, 0.6) is 0 Å². The molecule has 0 spiro atoms. The zero-order chi connectivity index (χ0) is 17.6. The summed E-state index contributed by atoms with van der Waals surface area (Å²) >= 11 is 0. The minimum Gasteiger partial charge on any atom is -0.341 e. The van der Waals surface area contributed by atoms with Crippen LogP contribution in [0.15, 0.2) is 18.2 Å². The van der Waals surface area contributed by atoms with Crippen LogP contribution in [0.3, 0.4) is 0 Å². The van der Waals surface area contributed by atoms with E-state index in [4.69, 9.17) is 0 Å². The number of hydrogen-bond donors (Lipinski definition) is 1. The number of aryl methyl sites for hydroxylation is 1. The molecular formula is C18H22N2O4S. The minimum atomic E-state index is -2.99. The molecule has 2 atom stereocenters. The van der Waals surface area contributed by atoms with Crippen molar-refractivity contribution in [3.05, 3.63) is 29.3 Å². The van der Waals surface area contributed by atoms with Crippen LogP contribution in [0.25, 0.3) is 0 Å². The SMILES string of the molecule is O=C1Cc2cc(CCCC(=O)N3C[C@@H]4CCS(=O)(=O)[C@@H]4C3)ccc2N1. The predicted octanol–water partition coefficient (Wildman–Crippen LogP) is 1.15. The van der Waals surface area contributed by atoms with Crippen molar-refractivity contribution in [3.8, 4) is 0 Å². The molecule has 2 saturated heterocycles. The Morgan fingerprint density at radius 2 is 2.12 bits per heavy atom. The average Bonchev–Trinajstić information content (AvgIpc) is 3.21. The molecular weight excluding hydrogens is 340 g/mol. The van der Waals surface area contributed by atoms with Crippen molar-refractivity contribution in [1.29, 1.82) is 0 Å². The maximum absolute atomic E-state index is 12.4. The Balaban J connectivity index is 1.29. The van der Waals surface area contributed by atoms with E-state index in [-0.39, 0.29) is 28.7 Å². The summed E-state index contributed by atoms with van der Waals surface area (Å²) in [4.78, 5) is 25.5. The fourth-order valence-corrected chi connectivity index (χ4v) is 6.39. The van der Waals surface area contributed by atoms with Gasteiger partial charge in [0, 0.05) is 25.2 Å². The van der Waals surface area contributed by atoms with E-state index in [1.165, 1.54) is 0 Å². The highest BCUT2D eigenvalue weighted by atomic mass is 32.2. The molecule has 0 aliphatic carbocycles. The first-order valence-corrected chi connectivity index (χ1v) is 10.5. The first-order valence-electron chi connectivity index (χ1n) is 8.83. The Morgan fingerprint density at radius 1 is 1.28 bits per heavy atom. The molecule has 7 heteroatoms. The Morgan fingerprint density at radius 3 is 2.92 bits per heavy atom. The zero-order valence-corrected chi connectivity index (χ0v) is 14.8. The van der Waals surface area contributed by atoms with Gasteiger partial charge in [-0.25, -0.2) is 8.42 Å².